The molecular weight excluding hydrogens is 410 g/mol. The average Bonchev–Trinajstić information content (AvgIpc) is 3.36. The lowest BCUT2D eigenvalue weighted by Gasteiger charge is -2.06. The summed E-state index contributed by atoms with van der Waals surface area (Å²) >= 11 is 0. The quantitative estimate of drug-likeness (QED) is 0.209. The van der Waals surface area contributed by atoms with E-state index in [0.29, 0.717) is 16.9 Å². The van der Waals surface area contributed by atoms with Crippen LogP contribution in [-0.4, -0.2) is 22.2 Å². The Hall–Kier alpha value is -4.97. The molecule has 0 amide bonds. The number of nitrogens with one attached hydrogen (secondary N) is 2. The van der Waals surface area contributed by atoms with Crippen molar-refractivity contribution in [3.05, 3.63) is 100 Å². The number of ether oxygens (including phenoxy) is 1. The summed E-state index contributed by atoms with van der Waals surface area (Å²) < 4.78 is 10.2. The Morgan fingerprint density at radius 2 is 1.91 bits per heavy atom. The van der Waals surface area contributed by atoms with Crippen LogP contribution in [0.5, 0.6) is 5.75 Å². The molecule has 9 nitrogen and oxygen atoms in total. The first-order chi connectivity index (χ1) is 15.6. The van der Waals surface area contributed by atoms with E-state index in [2.05, 4.69) is 20.5 Å². The number of aromatic nitrogens is 2. The van der Waals surface area contributed by atoms with Gasteiger partial charge in [0.2, 0.25) is 11.7 Å². The van der Waals surface area contributed by atoms with Gasteiger partial charge in [-0.15, -0.1) is 0 Å². The molecule has 156 valence electrons. The number of nitrogens with zero attached hydrogens (tertiary/aromatic N) is 3. The first-order valence-corrected chi connectivity index (χ1v) is 9.39. The summed E-state index contributed by atoms with van der Waals surface area (Å²) in [4.78, 5) is 30.9. The first kappa shape index (κ1) is 20.3. The van der Waals surface area contributed by atoms with E-state index in [9.17, 15) is 14.9 Å². The number of benzene rings is 2. The molecule has 0 atom stereocenters. The van der Waals surface area contributed by atoms with E-state index in [4.69, 9.17) is 9.15 Å². The molecule has 0 radical (unpaired) electrons. The SMILES string of the molecule is N#Cc1c(-c2ccccc2)nc(NN=Cc2ccc(OC(=O)c3ccco3)cc2)[nH]c1=O. The molecule has 0 unspecified atom stereocenters. The molecule has 2 N–H and O–H groups in total. The molecule has 0 fully saturated rings. The van der Waals surface area contributed by atoms with Gasteiger partial charge in [-0.2, -0.15) is 10.4 Å². The Bertz CT molecular complexity index is 1350. The third-order valence-corrected chi connectivity index (χ3v) is 4.28. The molecule has 2 heterocycles. The Morgan fingerprint density at radius 3 is 2.59 bits per heavy atom. The number of H-pyrrole nitrogens is 1. The van der Waals surface area contributed by atoms with Crippen molar-refractivity contribution in [2.24, 2.45) is 5.10 Å². The first-order valence-electron chi connectivity index (χ1n) is 9.39. The van der Waals surface area contributed by atoms with E-state index in [1.807, 2.05) is 12.1 Å². The number of hydrogen-bond acceptors (Lipinski definition) is 8. The fourth-order valence-electron chi connectivity index (χ4n) is 2.78. The minimum absolute atomic E-state index is 0.0783. The Balaban J connectivity index is 1.46. The summed E-state index contributed by atoms with van der Waals surface area (Å²) in [5, 5.41) is 13.4. The topological polar surface area (TPSA) is 133 Å². The van der Waals surface area contributed by atoms with Crippen molar-refractivity contribution in [2.75, 3.05) is 5.43 Å². The maximum absolute atomic E-state index is 12.3. The van der Waals surface area contributed by atoms with Crippen LogP contribution in [0.3, 0.4) is 0 Å². The molecule has 4 aromatic rings. The summed E-state index contributed by atoms with van der Waals surface area (Å²) in [6, 6.07) is 20.5. The van der Waals surface area contributed by atoms with Crippen LogP contribution in [0.2, 0.25) is 0 Å². The van der Waals surface area contributed by atoms with Gasteiger partial charge in [0.05, 0.1) is 18.2 Å². The van der Waals surface area contributed by atoms with Crippen LogP contribution in [0.25, 0.3) is 11.3 Å². The van der Waals surface area contributed by atoms with Crippen molar-refractivity contribution in [1.29, 1.82) is 5.26 Å². The number of furan rings is 1. The van der Waals surface area contributed by atoms with Gasteiger partial charge in [-0.1, -0.05) is 30.3 Å². The number of rotatable bonds is 6. The van der Waals surface area contributed by atoms with Crippen molar-refractivity contribution in [2.45, 2.75) is 0 Å². The monoisotopic (exact) mass is 425 g/mol. The highest BCUT2D eigenvalue weighted by molar-refractivity contribution is 5.88. The number of nitriles is 1. The van der Waals surface area contributed by atoms with Crippen LogP contribution in [0.1, 0.15) is 21.7 Å². The standard InChI is InChI=1S/C23H15N5O4/c24-13-18-20(16-5-2-1-3-6-16)26-23(27-21(18)29)28-25-14-15-8-10-17(11-9-15)32-22(30)19-7-4-12-31-19/h1-12,14H,(H2,26,27,28,29). The Kier molecular flexibility index (Phi) is 5.86. The predicted molar refractivity (Wildman–Crippen MR) is 116 cm³/mol. The second-order valence-electron chi connectivity index (χ2n) is 6.42. The number of carbonyl (C=O) groups excluding carboxylic acids is 1. The largest absolute Gasteiger partial charge is 0.457 e. The molecule has 0 spiro atoms. The van der Waals surface area contributed by atoms with E-state index >= 15 is 0 Å². The van der Waals surface area contributed by atoms with E-state index in [0.717, 1.165) is 0 Å². The van der Waals surface area contributed by atoms with Crippen molar-refractivity contribution >= 4 is 18.1 Å². The molecule has 0 aliphatic carbocycles. The minimum atomic E-state index is -0.594. The number of carbonyl (C=O) groups is 1. The molecular formula is C23H15N5O4. The maximum atomic E-state index is 12.3. The van der Waals surface area contributed by atoms with Crippen LogP contribution in [0, 0.1) is 11.3 Å². The van der Waals surface area contributed by atoms with Crippen molar-refractivity contribution in [3.8, 4) is 23.1 Å². The lowest BCUT2D eigenvalue weighted by molar-refractivity contribution is 0.0701. The van der Waals surface area contributed by atoms with Crippen molar-refractivity contribution in [1.82, 2.24) is 9.97 Å². The van der Waals surface area contributed by atoms with Crippen molar-refractivity contribution in [3.63, 3.8) is 0 Å². The van der Waals surface area contributed by atoms with Gasteiger partial charge in [0, 0.05) is 5.56 Å². The van der Waals surface area contributed by atoms with Gasteiger partial charge in [0.15, 0.2) is 0 Å². The zero-order valence-electron chi connectivity index (χ0n) is 16.5. The van der Waals surface area contributed by atoms with Crippen molar-refractivity contribution < 1.29 is 13.9 Å². The second-order valence-corrected chi connectivity index (χ2v) is 6.42. The highest BCUT2D eigenvalue weighted by Gasteiger charge is 2.13. The highest BCUT2D eigenvalue weighted by atomic mass is 16.5. The van der Waals surface area contributed by atoms with Crippen LogP contribution >= 0.6 is 0 Å². The van der Waals surface area contributed by atoms with Gasteiger partial charge >= 0.3 is 5.97 Å². The fraction of sp³-hybridized carbons (Fsp3) is 0. The van der Waals surface area contributed by atoms with E-state index in [-0.39, 0.29) is 23.0 Å². The zero-order chi connectivity index (χ0) is 22.3. The van der Waals surface area contributed by atoms with Crippen LogP contribution in [-0.2, 0) is 0 Å². The van der Waals surface area contributed by atoms with Crippen LogP contribution < -0.4 is 15.7 Å². The smallest absolute Gasteiger partial charge is 0.379 e. The van der Waals surface area contributed by atoms with Crippen LogP contribution in [0.15, 0.2) is 87.3 Å². The number of esters is 1. The molecule has 2 aromatic carbocycles. The molecule has 0 saturated carbocycles. The molecule has 0 aliphatic heterocycles. The summed E-state index contributed by atoms with van der Waals surface area (Å²) in [5.41, 5.74) is 3.62. The average molecular weight is 425 g/mol. The number of anilines is 1. The molecule has 2 aromatic heterocycles. The lowest BCUT2D eigenvalue weighted by Crippen LogP contribution is -2.16. The summed E-state index contributed by atoms with van der Waals surface area (Å²) in [7, 11) is 0. The van der Waals surface area contributed by atoms with E-state index in [1.165, 1.54) is 18.5 Å². The summed E-state index contributed by atoms with van der Waals surface area (Å²) in [6.07, 6.45) is 2.89. The van der Waals surface area contributed by atoms with Gasteiger partial charge in [-0.3, -0.25) is 9.78 Å². The van der Waals surface area contributed by atoms with Crippen LogP contribution in [0.4, 0.5) is 5.95 Å². The molecule has 9 heteroatoms. The minimum Gasteiger partial charge on any atom is -0.457 e. The third-order valence-electron chi connectivity index (χ3n) is 4.28. The third kappa shape index (κ3) is 4.60. The molecule has 4 rings (SSSR count). The highest BCUT2D eigenvalue weighted by Crippen LogP contribution is 2.19. The molecule has 32 heavy (non-hydrogen) atoms. The molecule has 0 aliphatic rings. The summed E-state index contributed by atoms with van der Waals surface area (Å²) in [6.45, 7) is 0. The number of aromatic amines is 1. The lowest BCUT2D eigenvalue weighted by atomic mass is 10.1. The van der Waals surface area contributed by atoms with E-state index in [1.54, 1.807) is 54.6 Å². The Labute approximate surface area is 181 Å². The second kappa shape index (κ2) is 9.23. The van der Waals surface area contributed by atoms with E-state index < -0.39 is 11.5 Å². The van der Waals surface area contributed by atoms with Gasteiger partial charge in [0.1, 0.15) is 17.4 Å². The molecule has 0 bridgehead atoms. The number of hydrogen-bond donors (Lipinski definition) is 2. The van der Waals surface area contributed by atoms with Gasteiger partial charge < -0.3 is 9.15 Å². The zero-order valence-corrected chi connectivity index (χ0v) is 16.5. The summed E-state index contributed by atoms with van der Waals surface area (Å²) in [5.74, 6) is -0.0445. The maximum Gasteiger partial charge on any atom is 0.379 e. The molecule has 0 saturated heterocycles. The normalized spacial score (nSPS) is 10.6. The van der Waals surface area contributed by atoms with Gasteiger partial charge in [0.25, 0.3) is 5.56 Å². The van der Waals surface area contributed by atoms with Gasteiger partial charge in [-0.05, 0) is 42.0 Å². The number of hydrazone groups is 1. The predicted octanol–water partition coefficient (Wildman–Crippen LogP) is 3.57. The Morgan fingerprint density at radius 1 is 1.12 bits per heavy atom. The van der Waals surface area contributed by atoms with Gasteiger partial charge in [-0.25, -0.2) is 15.2 Å². The fourth-order valence-corrected chi connectivity index (χ4v) is 2.78.